The molecule has 7 heteroatoms. The van der Waals surface area contributed by atoms with Crippen LogP contribution in [0.5, 0.6) is 0 Å². The van der Waals surface area contributed by atoms with E-state index >= 15 is 0 Å². The van der Waals surface area contributed by atoms with Crippen molar-refractivity contribution in [2.24, 2.45) is 5.41 Å². The molecule has 0 saturated carbocycles. The number of anilines is 1. The lowest BCUT2D eigenvalue weighted by Crippen LogP contribution is -2.38. The molecule has 0 unspecified atom stereocenters. The van der Waals surface area contributed by atoms with Crippen LogP contribution in [-0.2, 0) is 9.59 Å². The van der Waals surface area contributed by atoms with Gasteiger partial charge in [-0.15, -0.1) is 0 Å². The lowest BCUT2D eigenvalue weighted by atomic mass is 9.89. The van der Waals surface area contributed by atoms with Gasteiger partial charge in [0, 0.05) is 17.7 Å². The number of hydrogen-bond acceptors (Lipinski definition) is 3. The summed E-state index contributed by atoms with van der Waals surface area (Å²) >= 11 is 0. The predicted molar refractivity (Wildman–Crippen MR) is 74.3 cm³/mol. The summed E-state index contributed by atoms with van der Waals surface area (Å²) < 4.78 is 13.3. The zero-order valence-electron chi connectivity index (χ0n) is 12.0. The Labute approximate surface area is 121 Å². The normalized spacial score (nSPS) is 10.9. The van der Waals surface area contributed by atoms with Gasteiger partial charge in [0.2, 0.25) is 5.91 Å². The van der Waals surface area contributed by atoms with Crippen LogP contribution in [0.25, 0.3) is 0 Å². The summed E-state index contributed by atoms with van der Waals surface area (Å²) in [6.45, 7) is 4.24. The zero-order valence-corrected chi connectivity index (χ0v) is 12.0. The molecule has 0 aromatic heterocycles. The fourth-order valence-electron chi connectivity index (χ4n) is 1.54. The van der Waals surface area contributed by atoms with Crippen molar-refractivity contribution < 1.29 is 23.9 Å². The number of carboxylic acids is 1. The third-order valence-corrected chi connectivity index (χ3v) is 2.95. The Morgan fingerprint density at radius 2 is 1.90 bits per heavy atom. The fraction of sp³-hybridized carbons (Fsp3) is 0.357. The Bertz CT molecular complexity index is 584. The van der Waals surface area contributed by atoms with Crippen LogP contribution in [0.2, 0.25) is 0 Å². The first-order chi connectivity index (χ1) is 9.63. The Balaban J connectivity index is 2.64. The van der Waals surface area contributed by atoms with E-state index in [1.54, 1.807) is 0 Å². The molecule has 1 rings (SSSR count). The molecule has 0 atom stereocenters. The highest BCUT2D eigenvalue weighted by Crippen LogP contribution is 2.20. The average Bonchev–Trinajstić information content (AvgIpc) is 2.33. The smallest absolute Gasteiger partial charge is 0.325 e. The number of carboxylic acid groups (broad SMARTS) is 1. The minimum Gasteiger partial charge on any atom is -0.481 e. The van der Waals surface area contributed by atoms with Crippen molar-refractivity contribution in [1.82, 2.24) is 5.32 Å². The number of rotatable bonds is 4. The number of amides is 3. The maximum atomic E-state index is 13.3. The molecule has 114 valence electrons. The molecule has 0 spiro atoms. The van der Waals surface area contributed by atoms with E-state index in [2.05, 4.69) is 5.32 Å². The van der Waals surface area contributed by atoms with Gasteiger partial charge in [0.15, 0.2) is 0 Å². The molecule has 0 radical (unpaired) electrons. The van der Waals surface area contributed by atoms with Gasteiger partial charge in [-0.2, -0.15) is 0 Å². The van der Waals surface area contributed by atoms with Gasteiger partial charge in [-0.05, 0) is 32.9 Å². The average molecular weight is 296 g/mol. The van der Waals surface area contributed by atoms with E-state index in [0.717, 1.165) is 0 Å². The van der Waals surface area contributed by atoms with Crippen LogP contribution >= 0.6 is 0 Å². The molecule has 0 aliphatic heterocycles. The lowest BCUT2D eigenvalue weighted by Gasteiger charge is -2.18. The Morgan fingerprint density at radius 3 is 2.48 bits per heavy atom. The highest BCUT2D eigenvalue weighted by atomic mass is 19.1. The van der Waals surface area contributed by atoms with E-state index in [1.165, 1.54) is 39.0 Å². The molecule has 6 nitrogen and oxygen atoms in total. The quantitative estimate of drug-likeness (QED) is 0.794. The highest BCUT2D eigenvalue weighted by Gasteiger charge is 2.30. The molecule has 1 aromatic rings. The maximum Gasteiger partial charge on any atom is 0.325 e. The van der Waals surface area contributed by atoms with Crippen LogP contribution in [0.4, 0.5) is 14.9 Å². The Hall–Kier alpha value is -2.44. The number of hydrogen-bond donors (Lipinski definition) is 3. The molecule has 21 heavy (non-hydrogen) atoms. The van der Waals surface area contributed by atoms with Gasteiger partial charge >= 0.3 is 12.0 Å². The van der Waals surface area contributed by atoms with Crippen molar-refractivity contribution in [3.63, 3.8) is 0 Å². The summed E-state index contributed by atoms with van der Waals surface area (Å²) in [6, 6.07) is 3.32. The third-order valence-electron chi connectivity index (χ3n) is 2.95. The van der Waals surface area contributed by atoms with E-state index in [0.29, 0.717) is 0 Å². The largest absolute Gasteiger partial charge is 0.481 e. The van der Waals surface area contributed by atoms with Gasteiger partial charge in [-0.3, -0.25) is 14.9 Å². The van der Waals surface area contributed by atoms with E-state index in [9.17, 15) is 18.8 Å². The first-order valence-electron chi connectivity index (χ1n) is 6.23. The van der Waals surface area contributed by atoms with Crippen LogP contribution in [0.3, 0.4) is 0 Å². The van der Waals surface area contributed by atoms with Crippen LogP contribution in [-0.4, -0.2) is 23.0 Å². The number of benzene rings is 1. The molecule has 0 aliphatic rings. The van der Waals surface area contributed by atoms with Gasteiger partial charge < -0.3 is 10.4 Å². The SMILES string of the molecule is Cc1c(F)cccc1NC(=O)NC(=O)CC(C)(C)C(=O)O. The number of carbonyl (C=O) groups is 3. The molecule has 0 fully saturated rings. The Morgan fingerprint density at radius 1 is 1.29 bits per heavy atom. The molecule has 0 heterocycles. The second kappa shape index (κ2) is 6.34. The van der Waals surface area contributed by atoms with Gasteiger partial charge in [-0.1, -0.05) is 6.07 Å². The maximum absolute atomic E-state index is 13.3. The third kappa shape index (κ3) is 4.55. The molecule has 0 saturated heterocycles. The van der Waals surface area contributed by atoms with E-state index < -0.39 is 29.1 Å². The standard InChI is InChI=1S/C14H17FN2O4/c1-8-9(15)5-4-6-10(8)16-13(21)17-11(18)7-14(2,3)12(19)20/h4-6H,7H2,1-3H3,(H,19,20)(H2,16,17,18,21). The van der Waals surface area contributed by atoms with Gasteiger partial charge in [0.25, 0.3) is 0 Å². The van der Waals surface area contributed by atoms with Crippen molar-refractivity contribution >= 4 is 23.6 Å². The second-order valence-electron chi connectivity index (χ2n) is 5.28. The van der Waals surface area contributed by atoms with Crippen LogP contribution < -0.4 is 10.6 Å². The van der Waals surface area contributed by atoms with E-state index in [-0.39, 0.29) is 17.7 Å². The van der Waals surface area contributed by atoms with Gasteiger partial charge in [0.1, 0.15) is 5.82 Å². The molecule has 3 amide bonds. The lowest BCUT2D eigenvalue weighted by molar-refractivity contribution is -0.149. The topological polar surface area (TPSA) is 95.5 Å². The zero-order chi connectivity index (χ0) is 16.2. The van der Waals surface area contributed by atoms with Crippen molar-refractivity contribution in [2.75, 3.05) is 5.32 Å². The first-order valence-corrected chi connectivity index (χ1v) is 6.23. The number of aliphatic carboxylic acids is 1. The molecule has 0 aliphatic carbocycles. The highest BCUT2D eigenvalue weighted by molar-refractivity contribution is 6.02. The number of nitrogens with one attached hydrogen (secondary N) is 2. The van der Waals surface area contributed by atoms with E-state index in [1.807, 2.05) is 5.32 Å². The molecular formula is C14H17FN2O4. The predicted octanol–water partition coefficient (Wildman–Crippen LogP) is 2.28. The fourth-order valence-corrected chi connectivity index (χ4v) is 1.54. The number of carbonyl (C=O) groups excluding carboxylic acids is 2. The molecular weight excluding hydrogens is 279 g/mol. The molecule has 1 aromatic carbocycles. The molecule has 0 bridgehead atoms. The molecule has 3 N–H and O–H groups in total. The van der Waals surface area contributed by atoms with Crippen molar-refractivity contribution in [3.8, 4) is 0 Å². The monoisotopic (exact) mass is 296 g/mol. The van der Waals surface area contributed by atoms with Crippen molar-refractivity contribution in [3.05, 3.63) is 29.6 Å². The van der Waals surface area contributed by atoms with Gasteiger partial charge in [0.05, 0.1) is 5.41 Å². The van der Waals surface area contributed by atoms with Crippen LogP contribution in [0.1, 0.15) is 25.8 Å². The summed E-state index contributed by atoms with van der Waals surface area (Å²) in [5, 5.41) is 13.3. The number of urea groups is 1. The summed E-state index contributed by atoms with van der Waals surface area (Å²) in [5.41, 5.74) is -0.803. The summed E-state index contributed by atoms with van der Waals surface area (Å²) in [6.07, 6.45) is -0.349. The van der Waals surface area contributed by atoms with Crippen molar-refractivity contribution in [1.29, 1.82) is 0 Å². The number of imide groups is 1. The first kappa shape index (κ1) is 16.6. The summed E-state index contributed by atoms with van der Waals surface area (Å²) in [4.78, 5) is 34.1. The van der Waals surface area contributed by atoms with Gasteiger partial charge in [-0.25, -0.2) is 9.18 Å². The van der Waals surface area contributed by atoms with Crippen molar-refractivity contribution in [2.45, 2.75) is 27.2 Å². The Kier molecular flexibility index (Phi) is 5.02. The van der Waals surface area contributed by atoms with Crippen LogP contribution in [0, 0.1) is 18.2 Å². The summed E-state index contributed by atoms with van der Waals surface area (Å²) in [5.74, 6) is -2.35. The minimum absolute atomic E-state index is 0.234. The van der Waals surface area contributed by atoms with Crippen LogP contribution in [0.15, 0.2) is 18.2 Å². The minimum atomic E-state index is -1.28. The van der Waals surface area contributed by atoms with E-state index in [4.69, 9.17) is 5.11 Å². The summed E-state index contributed by atoms with van der Waals surface area (Å²) in [7, 11) is 0. The number of halogens is 1. The second-order valence-corrected chi connectivity index (χ2v) is 5.28.